The van der Waals surface area contributed by atoms with Crippen molar-refractivity contribution in [2.75, 3.05) is 19.6 Å². The fraction of sp³-hybridized carbons (Fsp3) is 1.00. The zero-order chi connectivity index (χ0) is 13.0. The van der Waals surface area contributed by atoms with E-state index in [1.54, 1.807) is 0 Å². The van der Waals surface area contributed by atoms with Crippen LogP contribution in [0.15, 0.2) is 0 Å². The van der Waals surface area contributed by atoms with E-state index in [4.69, 9.17) is 0 Å². The molecule has 1 heterocycles. The van der Waals surface area contributed by atoms with Gasteiger partial charge < -0.3 is 9.64 Å². The summed E-state index contributed by atoms with van der Waals surface area (Å²) in [5.74, 6) is 0. The van der Waals surface area contributed by atoms with Crippen LogP contribution in [-0.4, -0.2) is 37.2 Å². The van der Waals surface area contributed by atoms with E-state index in [0.29, 0.717) is 6.54 Å². The first kappa shape index (κ1) is 18.2. The number of nitrogens with zero attached hydrogens (tertiary/aromatic N) is 1. The molecule has 0 aliphatic carbocycles. The first-order valence-corrected chi connectivity index (χ1v) is 6.38. The molecule has 0 radical (unpaired) electrons. The molecule has 1 aliphatic rings. The maximum absolute atomic E-state index is 11.8. The molecule has 0 aromatic carbocycles. The van der Waals surface area contributed by atoms with Gasteiger partial charge in [0.25, 0.3) is 0 Å². The van der Waals surface area contributed by atoms with Crippen LogP contribution in [-0.2, 0) is 4.74 Å². The fourth-order valence-corrected chi connectivity index (χ4v) is 1.57. The van der Waals surface area contributed by atoms with Gasteiger partial charge in [-0.3, -0.25) is 0 Å². The topological polar surface area (TPSA) is 12.5 Å². The lowest BCUT2D eigenvalue weighted by molar-refractivity contribution is -0.158. The van der Waals surface area contributed by atoms with Crippen LogP contribution in [0.25, 0.3) is 0 Å². The first-order chi connectivity index (χ1) is 7.72. The van der Waals surface area contributed by atoms with Crippen molar-refractivity contribution < 1.29 is 13.5 Å². The van der Waals surface area contributed by atoms with Crippen molar-refractivity contribution in [2.24, 2.45) is 0 Å². The van der Waals surface area contributed by atoms with Crippen molar-refractivity contribution in [1.82, 2.24) is 4.90 Å². The van der Waals surface area contributed by atoms with Crippen molar-refractivity contribution in [2.45, 2.75) is 60.2 Å². The van der Waals surface area contributed by atoms with E-state index in [1.807, 2.05) is 27.7 Å². The zero-order valence-electron chi connectivity index (χ0n) is 11.3. The Hall–Kier alpha value is -0.220. The average Bonchev–Trinajstić information content (AvgIpc) is 2.71. The molecule has 0 aromatic rings. The van der Waals surface area contributed by atoms with Crippen LogP contribution in [0.4, 0.5) is 8.78 Å². The quantitative estimate of drug-likeness (QED) is 0.740. The number of hydrogen-bond donors (Lipinski definition) is 0. The Bertz CT molecular complexity index is 134. The highest BCUT2D eigenvalue weighted by Crippen LogP contribution is 2.15. The van der Waals surface area contributed by atoms with Gasteiger partial charge in [0.2, 0.25) is 0 Å². The Morgan fingerprint density at radius 2 is 1.81 bits per heavy atom. The van der Waals surface area contributed by atoms with Crippen molar-refractivity contribution in [3.8, 4) is 0 Å². The minimum absolute atomic E-state index is 0.253. The lowest BCUT2D eigenvalue weighted by Crippen LogP contribution is -2.25. The van der Waals surface area contributed by atoms with E-state index in [0.717, 1.165) is 25.9 Å². The molecule has 0 aromatic heterocycles. The van der Waals surface area contributed by atoms with E-state index in [1.165, 1.54) is 0 Å². The molecular weight excluding hydrogens is 212 g/mol. The number of rotatable bonds is 4. The standard InChI is InChI=1S/C8H15F2NO.2C2H6/c1-2-4-11-5-3-7(6-11)12-8(9)10;2*1-2/h7-8H,2-6H2,1H3;2*1-2H3. The van der Waals surface area contributed by atoms with Gasteiger partial charge in [-0.15, -0.1) is 0 Å². The number of hydrogen-bond acceptors (Lipinski definition) is 2. The Morgan fingerprint density at radius 1 is 1.25 bits per heavy atom. The molecule has 16 heavy (non-hydrogen) atoms. The van der Waals surface area contributed by atoms with Crippen molar-refractivity contribution in [3.05, 3.63) is 0 Å². The number of halogens is 2. The van der Waals surface area contributed by atoms with Gasteiger partial charge in [-0.2, -0.15) is 8.78 Å². The molecular formula is C12H27F2NO. The van der Waals surface area contributed by atoms with Crippen molar-refractivity contribution in [1.29, 1.82) is 0 Å². The SMILES string of the molecule is CC.CC.CCCN1CCC(OC(F)F)C1. The van der Waals surface area contributed by atoms with Gasteiger partial charge >= 0.3 is 6.61 Å². The fourth-order valence-electron chi connectivity index (χ4n) is 1.57. The molecule has 100 valence electrons. The second-order valence-electron chi connectivity index (χ2n) is 3.11. The average molecular weight is 239 g/mol. The van der Waals surface area contributed by atoms with Crippen LogP contribution < -0.4 is 0 Å². The minimum Gasteiger partial charge on any atom is -0.318 e. The van der Waals surface area contributed by atoms with E-state index >= 15 is 0 Å². The maximum Gasteiger partial charge on any atom is 0.345 e. The predicted molar refractivity (Wildman–Crippen MR) is 64.9 cm³/mol. The minimum atomic E-state index is -2.61. The highest BCUT2D eigenvalue weighted by Gasteiger charge is 2.24. The molecule has 1 saturated heterocycles. The Kier molecular flexibility index (Phi) is 14.6. The molecule has 0 bridgehead atoms. The molecule has 1 atom stereocenters. The van der Waals surface area contributed by atoms with E-state index in [9.17, 15) is 8.78 Å². The molecule has 0 saturated carbocycles. The molecule has 4 heteroatoms. The summed E-state index contributed by atoms with van der Waals surface area (Å²) in [7, 11) is 0. The highest BCUT2D eigenvalue weighted by atomic mass is 19.3. The molecule has 1 fully saturated rings. The number of likely N-dealkylation sites (tertiary alicyclic amines) is 1. The van der Waals surface area contributed by atoms with E-state index in [-0.39, 0.29) is 6.10 Å². The number of ether oxygens (including phenoxy) is 1. The second-order valence-corrected chi connectivity index (χ2v) is 3.11. The molecule has 1 rings (SSSR count). The van der Waals surface area contributed by atoms with E-state index < -0.39 is 6.61 Å². The highest BCUT2D eigenvalue weighted by molar-refractivity contribution is 4.75. The number of alkyl halides is 2. The summed E-state index contributed by atoms with van der Waals surface area (Å²) in [4.78, 5) is 2.16. The van der Waals surface area contributed by atoms with Gasteiger partial charge in [-0.25, -0.2) is 0 Å². The molecule has 1 unspecified atom stereocenters. The zero-order valence-corrected chi connectivity index (χ0v) is 11.3. The summed E-state index contributed by atoms with van der Waals surface area (Å²) in [6.07, 6.45) is 1.56. The Balaban J connectivity index is 0. The third kappa shape index (κ3) is 9.04. The largest absolute Gasteiger partial charge is 0.345 e. The lowest BCUT2D eigenvalue weighted by atomic mass is 10.3. The van der Waals surface area contributed by atoms with Gasteiger partial charge in [0.15, 0.2) is 0 Å². The van der Waals surface area contributed by atoms with Crippen molar-refractivity contribution >= 4 is 0 Å². The van der Waals surface area contributed by atoms with Crippen LogP contribution in [0.5, 0.6) is 0 Å². The summed E-state index contributed by atoms with van der Waals surface area (Å²) in [6.45, 7) is 10.0. The normalized spacial score (nSPS) is 19.9. The Morgan fingerprint density at radius 3 is 2.25 bits per heavy atom. The van der Waals surface area contributed by atoms with Crippen LogP contribution in [0.2, 0.25) is 0 Å². The predicted octanol–water partition coefficient (Wildman–Crippen LogP) is 3.76. The van der Waals surface area contributed by atoms with E-state index in [2.05, 4.69) is 16.6 Å². The molecule has 1 aliphatic heterocycles. The summed E-state index contributed by atoms with van der Waals surface area (Å²) in [6, 6.07) is 0. The van der Waals surface area contributed by atoms with Crippen molar-refractivity contribution in [3.63, 3.8) is 0 Å². The van der Waals surface area contributed by atoms with Crippen LogP contribution in [0, 0.1) is 0 Å². The summed E-state index contributed by atoms with van der Waals surface area (Å²) in [5, 5.41) is 0. The smallest absolute Gasteiger partial charge is 0.318 e. The third-order valence-corrected chi connectivity index (χ3v) is 2.06. The summed E-state index contributed by atoms with van der Waals surface area (Å²) in [5.41, 5.74) is 0. The summed E-state index contributed by atoms with van der Waals surface area (Å²) >= 11 is 0. The van der Waals surface area contributed by atoms with Gasteiger partial charge in [0.1, 0.15) is 0 Å². The first-order valence-electron chi connectivity index (χ1n) is 6.38. The van der Waals surface area contributed by atoms with Crippen LogP contribution in [0.1, 0.15) is 47.5 Å². The van der Waals surface area contributed by atoms with Gasteiger partial charge in [0, 0.05) is 13.1 Å². The van der Waals surface area contributed by atoms with Gasteiger partial charge in [-0.1, -0.05) is 34.6 Å². The van der Waals surface area contributed by atoms with Crippen LogP contribution in [0.3, 0.4) is 0 Å². The van der Waals surface area contributed by atoms with Crippen LogP contribution >= 0.6 is 0 Å². The lowest BCUT2D eigenvalue weighted by Gasteiger charge is -2.14. The van der Waals surface area contributed by atoms with Gasteiger partial charge in [-0.05, 0) is 19.4 Å². The molecule has 0 N–H and O–H groups in total. The van der Waals surface area contributed by atoms with Gasteiger partial charge in [0.05, 0.1) is 6.10 Å². The summed E-state index contributed by atoms with van der Waals surface area (Å²) < 4.78 is 27.9. The molecule has 0 spiro atoms. The molecule has 2 nitrogen and oxygen atoms in total. The molecule has 0 amide bonds. The monoisotopic (exact) mass is 239 g/mol. The second kappa shape index (κ2) is 12.8. The third-order valence-electron chi connectivity index (χ3n) is 2.06. The Labute approximate surface area is 99.0 Å². The maximum atomic E-state index is 11.8.